The number of hydrogen-bond acceptors (Lipinski definition) is 4. The standard InChI is InChI=1S/C14H22ClN3O2/c15-14-13(20-12-3-1-2-4-12)11-16-18(14)6-5-17-7-9-19-10-8-17/h11-12H,1-10H2. The van der Waals surface area contributed by atoms with Crippen LogP contribution in [0.2, 0.25) is 5.15 Å². The lowest BCUT2D eigenvalue weighted by molar-refractivity contribution is 0.0359. The van der Waals surface area contributed by atoms with E-state index in [2.05, 4.69) is 10.00 Å². The van der Waals surface area contributed by atoms with Gasteiger partial charge < -0.3 is 9.47 Å². The fraction of sp³-hybridized carbons (Fsp3) is 0.786. The molecular formula is C14H22ClN3O2. The Morgan fingerprint density at radius 3 is 2.75 bits per heavy atom. The molecule has 1 aromatic heterocycles. The minimum Gasteiger partial charge on any atom is -0.486 e. The van der Waals surface area contributed by atoms with E-state index < -0.39 is 0 Å². The Labute approximate surface area is 124 Å². The molecule has 1 saturated carbocycles. The van der Waals surface area contributed by atoms with E-state index in [-0.39, 0.29) is 0 Å². The predicted octanol–water partition coefficient (Wildman–Crippen LogP) is 2.19. The summed E-state index contributed by atoms with van der Waals surface area (Å²) in [7, 11) is 0. The first-order valence-corrected chi connectivity index (χ1v) is 7.89. The Bertz CT molecular complexity index is 426. The van der Waals surface area contributed by atoms with Crippen molar-refractivity contribution in [2.24, 2.45) is 0 Å². The fourth-order valence-corrected chi connectivity index (χ4v) is 3.06. The van der Waals surface area contributed by atoms with E-state index in [1.807, 2.05) is 4.68 Å². The van der Waals surface area contributed by atoms with Gasteiger partial charge in [0.25, 0.3) is 0 Å². The van der Waals surface area contributed by atoms with Crippen LogP contribution in [0.4, 0.5) is 0 Å². The molecule has 0 spiro atoms. The first-order chi connectivity index (χ1) is 9.83. The summed E-state index contributed by atoms with van der Waals surface area (Å²) in [6.07, 6.45) is 6.86. The van der Waals surface area contributed by atoms with Gasteiger partial charge in [0, 0.05) is 19.6 Å². The van der Waals surface area contributed by atoms with Crippen LogP contribution in [0.15, 0.2) is 6.20 Å². The molecule has 112 valence electrons. The molecule has 5 nitrogen and oxygen atoms in total. The molecule has 1 aliphatic heterocycles. The first kappa shape index (κ1) is 14.2. The van der Waals surface area contributed by atoms with Gasteiger partial charge in [0.2, 0.25) is 0 Å². The van der Waals surface area contributed by atoms with Gasteiger partial charge in [-0.05, 0) is 25.7 Å². The van der Waals surface area contributed by atoms with Gasteiger partial charge in [-0.25, -0.2) is 4.68 Å². The van der Waals surface area contributed by atoms with Crippen LogP contribution in [0.5, 0.6) is 5.75 Å². The Kier molecular flexibility index (Phi) is 4.81. The SMILES string of the molecule is Clc1c(OC2CCCC2)cnn1CCN1CCOCC1. The van der Waals surface area contributed by atoms with Crippen molar-refractivity contribution in [2.75, 3.05) is 32.8 Å². The second-order valence-corrected chi connectivity index (χ2v) is 5.86. The summed E-state index contributed by atoms with van der Waals surface area (Å²) in [4.78, 5) is 2.37. The Morgan fingerprint density at radius 2 is 2.00 bits per heavy atom. The topological polar surface area (TPSA) is 39.5 Å². The zero-order valence-corrected chi connectivity index (χ0v) is 12.5. The molecule has 3 rings (SSSR count). The Hall–Kier alpha value is -0.780. The molecule has 0 bridgehead atoms. The number of hydrogen-bond donors (Lipinski definition) is 0. The van der Waals surface area contributed by atoms with Crippen LogP contribution >= 0.6 is 11.6 Å². The van der Waals surface area contributed by atoms with Crippen LogP contribution in [-0.4, -0.2) is 53.6 Å². The van der Waals surface area contributed by atoms with Gasteiger partial charge in [0.05, 0.1) is 32.1 Å². The zero-order chi connectivity index (χ0) is 13.8. The number of rotatable bonds is 5. The molecule has 1 saturated heterocycles. The molecule has 2 aliphatic rings. The summed E-state index contributed by atoms with van der Waals surface area (Å²) in [6, 6.07) is 0. The van der Waals surface area contributed by atoms with Gasteiger partial charge >= 0.3 is 0 Å². The van der Waals surface area contributed by atoms with Gasteiger partial charge in [-0.2, -0.15) is 5.10 Å². The largest absolute Gasteiger partial charge is 0.486 e. The van der Waals surface area contributed by atoms with E-state index in [0.29, 0.717) is 11.3 Å². The van der Waals surface area contributed by atoms with E-state index in [1.54, 1.807) is 6.20 Å². The minimum absolute atomic E-state index is 0.324. The minimum atomic E-state index is 0.324. The van der Waals surface area contributed by atoms with E-state index in [0.717, 1.165) is 58.0 Å². The third-order valence-corrected chi connectivity index (χ3v) is 4.45. The fourth-order valence-electron chi connectivity index (χ4n) is 2.83. The van der Waals surface area contributed by atoms with E-state index >= 15 is 0 Å². The molecule has 0 radical (unpaired) electrons. The summed E-state index contributed by atoms with van der Waals surface area (Å²) >= 11 is 6.35. The van der Waals surface area contributed by atoms with Gasteiger partial charge in [-0.1, -0.05) is 11.6 Å². The summed E-state index contributed by atoms with van der Waals surface area (Å²) in [5.74, 6) is 0.737. The van der Waals surface area contributed by atoms with E-state index in [1.165, 1.54) is 12.8 Å². The molecule has 1 aliphatic carbocycles. The lowest BCUT2D eigenvalue weighted by Crippen LogP contribution is -2.38. The molecule has 0 aromatic carbocycles. The van der Waals surface area contributed by atoms with Crippen LogP contribution in [0.1, 0.15) is 25.7 Å². The third-order valence-electron chi connectivity index (χ3n) is 4.07. The van der Waals surface area contributed by atoms with Crippen molar-refractivity contribution in [1.29, 1.82) is 0 Å². The molecule has 0 amide bonds. The third kappa shape index (κ3) is 3.45. The molecule has 0 unspecified atom stereocenters. The number of aromatic nitrogens is 2. The normalized spacial score (nSPS) is 21.4. The van der Waals surface area contributed by atoms with Crippen LogP contribution in [0, 0.1) is 0 Å². The second kappa shape index (κ2) is 6.78. The summed E-state index contributed by atoms with van der Waals surface area (Å²) in [5.41, 5.74) is 0. The molecule has 6 heteroatoms. The Balaban J connectivity index is 1.52. The maximum Gasteiger partial charge on any atom is 0.176 e. The van der Waals surface area contributed by atoms with Crippen LogP contribution < -0.4 is 4.74 Å². The highest BCUT2D eigenvalue weighted by molar-refractivity contribution is 6.31. The van der Waals surface area contributed by atoms with Crippen molar-refractivity contribution in [1.82, 2.24) is 14.7 Å². The van der Waals surface area contributed by atoms with Crippen molar-refractivity contribution < 1.29 is 9.47 Å². The number of halogens is 1. The molecule has 1 aromatic rings. The van der Waals surface area contributed by atoms with Crippen molar-refractivity contribution in [2.45, 2.75) is 38.3 Å². The lowest BCUT2D eigenvalue weighted by Gasteiger charge is -2.26. The highest BCUT2D eigenvalue weighted by Gasteiger charge is 2.20. The van der Waals surface area contributed by atoms with Crippen molar-refractivity contribution in [3.05, 3.63) is 11.3 Å². The van der Waals surface area contributed by atoms with Gasteiger partial charge in [-0.15, -0.1) is 0 Å². The molecule has 2 heterocycles. The van der Waals surface area contributed by atoms with E-state index in [4.69, 9.17) is 21.1 Å². The molecule has 0 atom stereocenters. The first-order valence-electron chi connectivity index (χ1n) is 7.51. The van der Waals surface area contributed by atoms with Crippen molar-refractivity contribution >= 4 is 11.6 Å². The van der Waals surface area contributed by atoms with Crippen LogP contribution in [0.25, 0.3) is 0 Å². The number of morpholine rings is 1. The molecule has 2 fully saturated rings. The highest BCUT2D eigenvalue weighted by atomic mass is 35.5. The van der Waals surface area contributed by atoms with Gasteiger partial charge in [0.1, 0.15) is 0 Å². The quantitative estimate of drug-likeness (QED) is 0.835. The summed E-state index contributed by atoms with van der Waals surface area (Å²) < 4.78 is 13.1. The predicted molar refractivity (Wildman–Crippen MR) is 77.4 cm³/mol. The monoisotopic (exact) mass is 299 g/mol. The van der Waals surface area contributed by atoms with Gasteiger partial charge in [0.15, 0.2) is 10.9 Å². The zero-order valence-electron chi connectivity index (χ0n) is 11.8. The Morgan fingerprint density at radius 1 is 1.25 bits per heavy atom. The highest BCUT2D eigenvalue weighted by Crippen LogP contribution is 2.29. The number of nitrogens with zero attached hydrogens (tertiary/aromatic N) is 3. The molecule has 20 heavy (non-hydrogen) atoms. The van der Waals surface area contributed by atoms with Crippen LogP contribution in [0.3, 0.4) is 0 Å². The van der Waals surface area contributed by atoms with Gasteiger partial charge in [-0.3, -0.25) is 4.90 Å². The molecular weight excluding hydrogens is 278 g/mol. The van der Waals surface area contributed by atoms with Crippen molar-refractivity contribution in [3.63, 3.8) is 0 Å². The maximum atomic E-state index is 6.35. The average molecular weight is 300 g/mol. The maximum absolute atomic E-state index is 6.35. The van der Waals surface area contributed by atoms with Crippen LogP contribution in [-0.2, 0) is 11.3 Å². The molecule has 0 N–H and O–H groups in total. The second-order valence-electron chi connectivity index (χ2n) is 5.50. The summed E-state index contributed by atoms with van der Waals surface area (Å²) in [6.45, 7) is 5.38. The smallest absolute Gasteiger partial charge is 0.176 e. The number of ether oxygens (including phenoxy) is 2. The average Bonchev–Trinajstić information content (AvgIpc) is 3.10. The summed E-state index contributed by atoms with van der Waals surface area (Å²) in [5, 5.41) is 4.97. The van der Waals surface area contributed by atoms with E-state index in [9.17, 15) is 0 Å². The lowest BCUT2D eigenvalue weighted by atomic mass is 10.3. The van der Waals surface area contributed by atoms with Crippen molar-refractivity contribution in [3.8, 4) is 5.75 Å².